The summed E-state index contributed by atoms with van der Waals surface area (Å²) in [4.78, 5) is 4.86. The van der Waals surface area contributed by atoms with Gasteiger partial charge in [-0.25, -0.2) is 13.8 Å². The zero-order chi connectivity index (χ0) is 56.0. The fraction of sp³-hybridized carbons (Fsp3) is 0.206. The number of aromatic nitrogens is 2. The number of halogens is 2. The summed E-state index contributed by atoms with van der Waals surface area (Å²) in [6, 6.07) is 53.4. The van der Waals surface area contributed by atoms with E-state index >= 15 is 8.78 Å². The number of para-hydroxylation sites is 4. The Kier molecular flexibility index (Phi) is 12.5. The molecule has 11 rings (SSSR count). The minimum absolute atomic E-state index is 0. The van der Waals surface area contributed by atoms with Crippen molar-refractivity contribution in [2.24, 2.45) is 0 Å². The summed E-state index contributed by atoms with van der Waals surface area (Å²) in [6.45, 7) is 20.8. The number of benzene rings is 8. The molecule has 0 spiro atoms. The maximum absolute atomic E-state index is 15.3. The van der Waals surface area contributed by atoms with Gasteiger partial charge in [-0.05, 0) is 114 Å². The van der Waals surface area contributed by atoms with Gasteiger partial charge < -0.3 is 9.30 Å². The molecule has 0 bridgehead atoms. The van der Waals surface area contributed by atoms with Gasteiger partial charge in [-0.2, -0.15) is 6.07 Å². The van der Waals surface area contributed by atoms with Gasteiger partial charge in [0.05, 0.1) is 16.6 Å². The Morgan fingerprint density at radius 3 is 1.84 bits per heavy atom. The van der Waals surface area contributed by atoms with Crippen molar-refractivity contribution >= 4 is 50.6 Å². The molecule has 0 unspecified atom stereocenters. The van der Waals surface area contributed by atoms with E-state index in [1.807, 2.05) is 109 Å². The Morgan fingerprint density at radius 2 is 1.20 bits per heavy atom. The molecule has 2 aromatic heterocycles. The van der Waals surface area contributed by atoms with Crippen molar-refractivity contribution in [2.75, 3.05) is 0 Å². The van der Waals surface area contributed by atoms with E-state index in [1.165, 1.54) is 12.1 Å². The normalized spacial score (nSPS) is 13.3. The van der Waals surface area contributed by atoms with Crippen LogP contribution in [0, 0.1) is 23.8 Å². The van der Waals surface area contributed by atoms with Crippen LogP contribution in [0.25, 0.3) is 61.0 Å². The maximum atomic E-state index is 15.3. The molecular formula is C68H60F2N4OPt+2. The van der Waals surface area contributed by atoms with E-state index in [-0.39, 0.29) is 73.8 Å². The predicted octanol–water partition coefficient (Wildman–Crippen LogP) is 18.5. The zero-order valence-corrected chi connectivity index (χ0v) is 46.6. The van der Waals surface area contributed by atoms with Gasteiger partial charge in [0.25, 0.3) is 11.4 Å². The molecule has 380 valence electrons. The largest absolute Gasteiger partial charge is 2.00 e. The first kappa shape index (κ1) is 46.9. The molecule has 76 heavy (non-hydrogen) atoms. The van der Waals surface area contributed by atoms with Crippen molar-refractivity contribution in [1.29, 1.82) is 0 Å². The van der Waals surface area contributed by atoms with E-state index in [2.05, 4.69) is 108 Å². The molecule has 10 aromatic rings. The van der Waals surface area contributed by atoms with Gasteiger partial charge in [0.15, 0.2) is 0 Å². The fourth-order valence-electron chi connectivity index (χ4n) is 9.84. The molecule has 1 aliphatic heterocycles. The van der Waals surface area contributed by atoms with Crippen molar-refractivity contribution in [3.8, 4) is 50.7 Å². The molecule has 8 aromatic carbocycles. The van der Waals surface area contributed by atoms with Gasteiger partial charge in [0.2, 0.25) is 5.69 Å². The molecule has 3 heterocycles. The standard InChI is InChI=1S/C68H60F2N4O.Pt/c1-42(2)45-30-46(43(3)4)32-48(31-45)57-17-15-18-58(49-33-52(69)38-53(70)34-49)66(57)73-41-72(62-20-13-14-21-63(62)73)54-35-47(44-22-24-50(25-23-44)67(5,6)7)36-56(39-54)75-55-26-27-60-59-16-11-12-19-61(59)74(64(60)40-55)65-37-51(28-29-71-65)68(8,9)10;/h11-38,42-43H,1-10H3;/q;+2/i22D,23D,24D,25D;. The van der Waals surface area contributed by atoms with Crippen LogP contribution in [0.3, 0.4) is 0 Å². The van der Waals surface area contributed by atoms with Crippen LogP contribution < -0.4 is 13.9 Å². The second kappa shape index (κ2) is 20.2. The van der Waals surface area contributed by atoms with Gasteiger partial charge >= 0.3 is 27.1 Å². The van der Waals surface area contributed by atoms with Gasteiger partial charge in [-0.3, -0.25) is 0 Å². The first-order valence-corrected chi connectivity index (χ1v) is 25.5. The Hall–Kier alpha value is -7.56. The predicted molar refractivity (Wildman–Crippen MR) is 305 cm³/mol. The van der Waals surface area contributed by atoms with Gasteiger partial charge in [0, 0.05) is 41.4 Å². The molecule has 0 fully saturated rings. The summed E-state index contributed by atoms with van der Waals surface area (Å²) in [5, 5.41) is 1.96. The average Bonchev–Trinajstić information content (AvgIpc) is 4.05. The topological polar surface area (TPSA) is 33.1 Å². The van der Waals surface area contributed by atoms with Gasteiger partial charge in [-0.1, -0.05) is 170 Å². The molecular weight excluding hydrogens is 1120 g/mol. The third kappa shape index (κ3) is 9.91. The van der Waals surface area contributed by atoms with E-state index < -0.39 is 17.0 Å². The Labute approximate surface area is 465 Å². The van der Waals surface area contributed by atoms with Crippen LogP contribution in [0.5, 0.6) is 11.5 Å². The second-order valence-electron chi connectivity index (χ2n) is 22.1. The minimum Gasteiger partial charge on any atom is -0.509 e. The Morgan fingerprint density at radius 1 is 0.579 bits per heavy atom. The van der Waals surface area contributed by atoms with Crippen LogP contribution in [0.15, 0.2) is 170 Å². The van der Waals surface area contributed by atoms with Crippen LogP contribution >= 0.6 is 0 Å². The number of nitrogens with zero attached hydrogens (tertiary/aromatic N) is 4. The van der Waals surface area contributed by atoms with Crippen molar-refractivity contribution < 1.29 is 40.1 Å². The Balaban J connectivity index is 0.00000720. The fourth-order valence-corrected chi connectivity index (χ4v) is 9.84. The zero-order valence-electron chi connectivity index (χ0n) is 48.3. The molecule has 0 amide bonds. The van der Waals surface area contributed by atoms with Crippen LogP contribution in [0.1, 0.15) is 109 Å². The quantitative estimate of drug-likeness (QED) is 0.101. The van der Waals surface area contributed by atoms with Crippen LogP contribution in [0.4, 0.5) is 31.5 Å². The number of hydrogen-bond donors (Lipinski definition) is 0. The summed E-state index contributed by atoms with van der Waals surface area (Å²) in [5.74, 6) is 0.296. The summed E-state index contributed by atoms with van der Waals surface area (Å²) in [5.41, 5.74) is 10.1. The number of rotatable bonds is 10. The van der Waals surface area contributed by atoms with E-state index in [9.17, 15) is 5.48 Å². The van der Waals surface area contributed by atoms with Crippen molar-refractivity contribution in [1.82, 2.24) is 18.7 Å². The molecule has 0 saturated heterocycles. The van der Waals surface area contributed by atoms with Crippen molar-refractivity contribution in [3.05, 3.63) is 216 Å². The monoisotopic (exact) mass is 1190 g/mol. The summed E-state index contributed by atoms with van der Waals surface area (Å²) in [7, 11) is 0. The first-order chi connectivity index (χ1) is 37.5. The number of pyridine rings is 1. The molecule has 8 heteroatoms. The van der Waals surface area contributed by atoms with E-state index in [0.29, 0.717) is 50.8 Å². The summed E-state index contributed by atoms with van der Waals surface area (Å²) < 4.78 is 80.9. The van der Waals surface area contributed by atoms with Gasteiger partial charge in [-0.15, -0.1) is 29.1 Å². The molecule has 0 radical (unpaired) electrons. The maximum Gasteiger partial charge on any atom is 2.00 e. The smallest absolute Gasteiger partial charge is 0.509 e. The third-order valence-corrected chi connectivity index (χ3v) is 14.0. The number of hydrogen-bond acceptors (Lipinski definition) is 2. The van der Waals surface area contributed by atoms with Crippen molar-refractivity contribution in [3.63, 3.8) is 0 Å². The van der Waals surface area contributed by atoms with E-state index in [1.54, 1.807) is 12.1 Å². The van der Waals surface area contributed by atoms with E-state index in [4.69, 9.17) is 9.72 Å². The third-order valence-electron chi connectivity index (χ3n) is 14.0. The summed E-state index contributed by atoms with van der Waals surface area (Å²) >= 11 is 0. The molecule has 0 aliphatic carbocycles. The molecule has 0 atom stereocenters. The van der Waals surface area contributed by atoms with E-state index in [0.717, 1.165) is 61.5 Å². The first-order valence-electron chi connectivity index (χ1n) is 27.5. The van der Waals surface area contributed by atoms with Crippen LogP contribution in [-0.4, -0.2) is 15.6 Å². The summed E-state index contributed by atoms with van der Waals surface area (Å²) in [6.07, 6.45) is 1.83. The molecule has 0 N–H and O–H groups in total. The minimum atomic E-state index is -0.709. The number of fused-ring (bicyclic) bond motifs is 4. The number of ether oxygens (including phenoxy) is 1. The molecule has 1 aliphatic rings. The van der Waals surface area contributed by atoms with Crippen molar-refractivity contribution in [2.45, 2.75) is 91.9 Å². The molecule has 5 nitrogen and oxygen atoms in total. The van der Waals surface area contributed by atoms with Crippen LogP contribution in [0.2, 0.25) is 0 Å². The second-order valence-corrected chi connectivity index (χ2v) is 22.1. The SMILES string of the molecule is [2H]c1c([2H])c(C(C)(C)C)c([2H])c([2H])c1-c1cc(Oc2[c-]c3c(cc2)c2ccccc2n3-c2cc(C(C)(C)C)ccn2)[c-]c([N+]2=C=[N+](c3c(-c4cc(F)cc(F)c4)cccc3-c3cc(C(C)C)cc(C(C)C)c3)c3ccccc32)c1.[Pt+2]. The van der Waals surface area contributed by atoms with Crippen LogP contribution in [-0.2, 0) is 31.9 Å². The molecule has 0 saturated carbocycles. The Bertz CT molecular complexity index is 4150. The van der Waals surface area contributed by atoms with Gasteiger partial charge in [0.1, 0.15) is 23.1 Å². The average molecular weight is 1190 g/mol.